The van der Waals surface area contributed by atoms with Crippen LogP contribution in [0.15, 0.2) is 18.3 Å². The number of nitrogens with zero attached hydrogens (tertiary/aromatic N) is 1. The quantitative estimate of drug-likeness (QED) is 0.514. The summed E-state index contributed by atoms with van der Waals surface area (Å²) in [6, 6.07) is 3.69. The maximum atomic E-state index is 10.2. The zero-order chi connectivity index (χ0) is 5.98. The SMILES string of the molecule is Cn1cccc1C[O]. The lowest BCUT2D eigenvalue weighted by atomic mass is 10.5. The molecule has 0 spiro atoms. The van der Waals surface area contributed by atoms with Gasteiger partial charge in [-0.05, 0) is 12.1 Å². The molecule has 1 rings (SSSR count). The Morgan fingerprint density at radius 1 is 1.75 bits per heavy atom. The summed E-state index contributed by atoms with van der Waals surface area (Å²) in [5.41, 5.74) is 0.838. The molecule has 1 heterocycles. The van der Waals surface area contributed by atoms with Gasteiger partial charge in [-0.15, -0.1) is 0 Å². The van der Waals surface area contributed by atoms with Crippen LogP contribution in [0.5, 0.6) is 0 Å². The molecule has 1 aromatic heterocycles. The van der Waals surface area contributed by atoms with Gasteiger partial charge in [0.25, 0.3) is 0 Å². The van der Waals surface area contributed by atoms with Gasteiger partial charge < -0.3 is 4.57 Å². The largest absolute Gasteiger partial charge is 0.352 e. The van der Waals surface area contributed by atoms with E-state index in [1.165, 1.54) is 0 Å². The molecule has 43 valence electrons. The molecule has 0 N–H and O–H groups in total. The summed E-state index contributed by atoms with van der Waals surface area (Å²) in [6.07, 6.45) is 1.87. The predicted octanol–water partition coefficient (Wildman–Crippen LogP) is 0.956. The molecule has 0 fully saturated rings. The van der Waals surface area contributed by atoms with Crippen LogP contribution in [0, 0.1) is 0 Å². The van der Waals surface area contributed by atoms with Crippen LogP contribution in [0.3, 0.4) is 0 Å². The first-order valence-corrected chi connectivity index (χ1v) is 2.53. The summed E-state index contributed by atoms with van der Waals surface area (Å²) in [4.78, 5) is 0. The maximum absolute atomic E-state index is 10.2. The molecule has 1 aromatic rings. The van der Waals surface area contributed by atoms with Crippen molar-refractivity contribution in [2.45, 2.75) is 6.61 Å². The second kappa shape index (κ2) is 2.01. The topological polar surface area (TPSA) is 24.8 Å². The monoisotopic (exact) mass is 110 g/mol. The first-order valence-electron chi connectivity index (χ1n) is 2.53. The van der Waals surface area contributed by atoms with Gasteiger partial charge in [-0.2, -0.15) is 0 Å². The van der Waals surface area contributed by atoms with Crippen LogP contribution in [0.4, 0.5) is 0 Å². The van der Waals surface area contributed by atoms with E-state index >= 15 is 0 Å². The Labute approximate surface area is 48.4 Å². The smallest absolute Gasteiger partial charge is 0.122 e. The first kappa shape index (κ1) is 5.38. The van der Waals surface area contributed by atoms with Gasteiger partial charge in [-0.3, -0.25) is 0 Å². The highest BCUT2D eigenvalue weighted by atomic mass is 16.3. The van der Waals surface area contributed by atoms with Crippen molar-refractivity contribution in [3.8, 4) is 0 Å². The van der Waals surface area contributed by atoms with Crippen molar-refractivity contribution in [2.75, 3.05) is 0 Å². The maximum Gasteiger partial charge on any atom is 0.122 e. The van der Waals surface area contributed by atoms with Crippen molar-refractivity contribution in [1.82, 2.24) is 4.57 Å². The molecule has 0 aliphatic rings. The Bertz CT molecular complexity index is 169. The van der Waals surface area contributed by atoms with Gasteiger partial charge in [0.1, 0.15) is 6.61 Å². The van der Waals surface area contributed by atoms with E-state index in [0.29, 0.717) is 0 Å². The highest BCUT2D eigenvalue weighted by Gasteiger charge is 1.91. The third-order valence-corrected chi connectivity index (χ3v) is 1.20. The third-order valence-electron chi connectivity index (χ3n) is 1.20. The first-order chi connectivity index (χ1) is 3.84. The molecule has 2 nitrogen and oxygen atoms in total. The zero-order valence-corrected chi connectivity index (χ0v) is 4.79. The van der Waals surface area contributed by atoms with Crippen LogP contribution >= 0.6 is 0 Å². The Kier molecular flexibility index (Phi) is 1.35. The van der Waals surface area contributed by atoms with E-state index in [2.05, 4.69) is 0 Å². The zero-order valence-electron chi connectivity index (χ0n) is 4.79. The lowest BCUT2D eigenvalue weighted by Crippen LogP contribution is -1.91. The van der Waals surface area contributed by atoms with Gasteiger partial charge in [-0.1, -0.05) is 0 Å². The van der Waals surface area contributed by atoms with E-state index in [0.717, 1.165) is 5.69 Å². The van der Waals surface area contributed by atoms with Crippen LogP contribution < -0.4 is 0 Å². The highest BCUT2D eigenvalue weighted by Crippen LogP contribution is 1.97. The summed E-state index contributed by atoms with van der Waals surface area (Å²) in [7, 11) is 1.87. The summed E-state index contributed by atoms with van der Waals surface area (Å²) >= 11 is 0. The van der Waals surface area contributed by atoms with Crippen molar-refractivity contribution in [1.29, 1.82) is 0 Å². The fraction of sp³-hybridized carbons (Fsp3) is 0.333. The molecule has 0 saturated carbocycles. The molecule has 0 aliphatic heterocycles. The third kappa shape index (κ3) is 0.746. The summed E-state index contributed by atoms with van der Waals surface area (Å²) in [5.74, 6) is 0. The highest BCUT2D eigenvalue weighted by molar-refractivity contribution is 5.04. The van der Waals surface area contributed by atoms with Gasteiger partial charge in [0.05, 0.1) is 0 Å². The minimum Gasteiger partial charge on any atom is -0.352 e. The molecule has 0 amide bonds. The van der Waals surface area contributed by atoms with E-state index in [1.807, 2.05) is 29.9 Å². The number of rotatable bonds is 1. The minimum absolute atomic E-state index is 0.122. The van der Waals surface area contributed by atoms with Crippen molar-refractivity contribution in [3.63, 3.8) is 0 Å². The Morgan fingerprint density at radius 2 is 2.50 bits per heavy atom. The number of aryl methyl sites for hydroxylation is 1. The van der Waals surface area contributed by atoms with Crippen molar-refractivity contribution < 1.29 is 5.11 Å². The van der Waals surface area contributed by atoms with E-state index in [1.54, 1.807) is 0 Å². The molecular formula is C6H8NO. The van der Waals surface area contributed by atoms with Gasteiger partial charge in [-0.25, -0.2) is 5.11 Å². The standard InChI is InChI=1S/C6H8NO/c1-7-4-2-3-6(7)5-8/h2-4H,5H2,1H3. The molecule has 0 aliphatic carbocycles. The lowest BCUT2D eigenvalue weighted by molar-refractivity contribution is 0.171. The Hall–Kier alpha value is -0.760. The van der Waals surface area contributed by atoms with Crippen LogP contribution in [0.2, 0.25) is 0 Å². The Balaban J connectivity index is 2.92. The van der Waals surface area contributed by atoms with Crippen LogP contribution in [0.25, 0.3) is 0 Å². The predicted molar refractivity (Wildman–Crippen MR) is 29.8 cm³/mol. The van der Waals surface area contributed by atoms with Crippen molar-refractivity contribution >= 4 is 0 Å². The molecule has 0 bridgehead atoms. The minimum atomic E-state index is -0.122. The molecule has 0 unspecified atom stereocenters. The number of aromatic nitrogens is 1. The average molecular weight is 110 g/mol. The Morgan fingerprint density at radius 3 is 2.75 bits per heavy atom. The molecule has 0 atom stereocenters. The van der Waals surface area contributed by atoms with Crippen LogP contribution in [-0.2, 0) is 18.8 Å². The number of hydrogen-bond acceptors (Lipinski definition) is 0. The van der Waals surface area contributed by atoms with Gasteiger partial charge in [0.15, 0.2) is 0 Å². The van der Waals surface area contributed by atoms with Crippen molar-refractivity contribution in [3.05, 3.63) is 24.0 Å². The summed E-state index contributed by atoms with van der Waals surface area (Å²) in [6.45, 7) is -0.122. The molecule has 0 aromatic carbocycles. The van der Waals surface area contributed by atoms with Gasteiger partial charge in [0, 0.05) is 18.9 Å². The molecule has 1 radical (unpaired) electrons. The van der Waals surface area contributed by atoms with E-state index < -0.39 is 0 Å². The van der Waals surface area contributed by atoms with E-state index in [9.17, 15) is 5.11 Å². The van der Waals surface area contributed by atoms with Gasteiger partial charge in [0.2, 0.25) is 0 Å². The molecule has 2 heteroatoms. The second-order valence-electron chi connectivity index (χ2n) is 1.75. The molecular weight excluding hydrogens is 102 g/mol. The summed E-state index contributed by atoms with van der Waals surface area (Å²) < 4.78 is 1.83. The lowest BCUT2D eigenvalue weighted by Gasteiger charge is -1.93. The average Bonchev–Trinajstić information content (AvgIpc) is 2.14. The fourth-order valence-electron chi connectivity index (χ4n) is 0.646. The van der Waals surface area contributed by atoms with E-state index in [4.69, 9.17) is 0 Å². The van der Waals surface area contributed by atoms with Crippen molar-refractivity contribution in [2.24, 2.45) is 7.05 Å². The molecule has 0 saturated heterocycles. The van der Waals surface area contributed by atoms with E-state index in [-0.39, 0.29) is 6.61 Å². The normalized spacial score (nSPS) is 9.75. The van der Waals surface area contributed by atoms with Gasteiger partial charge >= 0.3 is 0 Å². The van der Waals surface area contributed by atoms with Crippen LogP contribution in [-0.4, -0.2) is 4.57 Å². The molecule has 8 heavy (non-hydrogen) atoms. The summed E-state index contributed by atoms with van der Waals surface area (Å²) in [5, 5.41) is 10.2. The van der Waals surface area contributed by atoms with Crippen LogP contribution in [0.1, 0.15) is 5.69 Å². The number of hydrogen-bond donors (Lipinski definition) is 0. The second-order valence-corrected chi connectivity index (χ2v) is 1.75. The fourth-order valence-corrected chi connectivity index (χ4v) is 0.646.